The number of esters is 1. The predicted molar refractivity (Wildman–Crippen MR) is 96.7 cm³/mol. The number of hydrogen-bond acceptors (Lipinski definition) is 6. The number of benzene rings is 1. The van der Waals surface area contributed by atoms with Crippen molar-refractivity contribution in [3.05, 3.63) is 48.0 Å². The van der Waals surface area contributed by atoms with E-state index in [4.69, 9.17) is 11.1 Å². The van der Waals surface area contributed by atoms with Crippen LogP contribution in [0, 0.1) is 5.41 Å². The van der Waals surface area contributed by atoms with Crippen molar-refractivity contribution in [1.82, 2.24) is 15.3 Å². The molecule has 1 amide bonds. The van der Waals surface area contributed by atoms with E-state index in [1.165, 1.54) is 7.11 Å². The number of aromatic nitrogens is 2. The molecular formula is C18H21N5O3. The minimum atomic E-state index is -0.360. The zero-order valence-corrected chi connectivity index (χ0v) is 14.5. The number of unbranched alkanes of at least 4 members (excludes halogenated alkanes) is 1. The van der Waals surface area contributed by atoms with Crippen LogP contribution in [0.3, 0.4) is 0 Å². The second-order valence-corrected chi connectivity index (χ2v) is 5.58. The molecule has 8 nitrogen and oxygen atoms in total. The fourth-order valence-corrected chi connectivity index (χ4v) is 2.21. The van der Waals surface area contributed by atoms with Crippen LogP contribution in [0.2, 0.25) is 0 Å². The Labute approximate surface area is 151 Å². The molecule has 0 saturated carbocycles. The summed E-state index contributed by atoms with van der Waals surface area (Å²) >= 11 is 0. The average molecular weight is 355 g/mol. The Bertz CT molecular complexity index is 772. The van der Waals surface area contributed by atoms with Gasteiger partial charge in [-0.15, -0.1) is 0 Å². The van der Waals surface area contributed by atoms with Crippen molar-refractivity contribution < 1.29 is 14.3 Å². The monoisotopic (exact) mass is 355 g/mol. The zero-order valence-electron chi connectivity index (χ0n) is 14.5. The molecule has 0 fully saturated rings. The van der Waals surface area contributed by atoms with Crippen LogP contribution in [-0.4, -0.2) is 41.3 Å². The first-order valence-electron chi connectivity index (χ1n) is 8.13. The van der Waals surface area contributed by atoms with Crippen LogP contribution >= 0.6 is 0 Å². The molecule has 0 aliphatic heterocycles. The van der Waals surface area contributed by atoms with Crippen molar-refractivity contribution in [1.29, 1.82) is 5.41 Å². The van der Waals surface area contributed by atoms with Gasteiger partial charge in [0.15, 0.2) is 0 Å². The van der Waals surface area contributed by atoms with Gasteiger partial charge in [-0.25, -0.2) is 9.97 Å². The lowest BCUT2D eigenvalue weighted by Crippen LogP contribution is -2.26. The van der Waals surface area contributed by atoms with E-state index in [-0.39, 0.29) is 23.5 Å². The van der Waals surface area contributed by atoms with Gasteiger partial charge in [0, 0.05) is 36.5 Å². The number of ether oxygens (including phenoxy) is 1. The molecule has 8 heteroatoms. The smallest absolute Gasteiger partial charge is 0.305 e. The second-order valence-electron chi connectivity index (χ2n) is 5.58. The van der Waals surface area contributed by atoms with Gasteiger partial charge in [-0.05, 0) is 18.4 Å². The molecule has 136 valence electrons. The first-order chi connectivity index (χ1) is 12.5. The van der Waals surface area contributed by atoms with E-state index in [1.807, 2.05) is 12.1 Å². The van der Waals surface area contributed by atoms with Crippen LogP contribution in [0.5, 0.6) is 0 Å². The van der Waals surface area contributed by atoms with Crippen molar-refractivity contribution in [2.75, 3.05) is 13.7 Å². The van der Waals surface area contributed by atoms with Gasteiger partial charge < -0.3 is 15.8 Å². The maximum absolute atomic E-state index is 12.0. The minimum absolute atomic E-state index is 0.00593. The first-order valence-corrected chi connectivity index (χ1v) is 8.13. The molecule has 0 aliphatic rings. The Morgan fingerprint density at radius 3 is 2.35 bits per heavy atom. The van der Waals surface area contributed by atoms with Gasteiger partial charge >= 0.3 is 5.97 Å². The Hall–Kier alpha value is -3.29. The van der Waals surface area contributed by atoms with Gasteiger partial charge in [0.25, 0.3) is 5.91 Å². The average Bonchev–Trinajstić information content (AvgIpc) is 2.67. The second kappa shape index (κ2) is 9.26. The third-order valence-corrected chi connectivity index (χ3v) is 3.71. The molecule has 0 atom stereocenters. The van der Waals surface area contributed by atoms with Gasteiger partial charge in [-0.2, -0.15) is 0 Å². The molecule has 0 unspecified atom stereocenters. The lowest BCUT2D eigenvalue weighted by Gasteiger charge is -2.06. The molecule has 1 heterocycles. The van der Waals surface area contributed by atoms with Crippen LogP contribution in [0.25, 0.3) is 11.1 Å². The summed E-state index contributed by atoms with van der Waals surface area (Å²) in [5.41, 5.74) is 7.69. The molecule has 1 aromatic carbocycles. The number of carbonyl (C=O) groups is 2. The summed E-state index contributed by atoms with van der Waals surface area (Å²) in [6, 6.07) is 7.12. The van der Waals surface area contributed by atoms with Crippen LogP contribution in [0.1, 0.15) is 35.4 Å². The largest absolute Gasteiger partial charge is 0.469 e. The Morgan fingerprint density at radius 1 is 1.12 bits per heavy atom. The topological polar surface area (TPSA) is 131 Å². The number of nitrogens with two attached hydrogens (primary N) is 1. The minimum Gasteiger partial charge on any atom is -0.469 e. The quantitative estimate of drug-likeness (QED) is 0.285. The maximum Gasteiger partial charge on any atom is 0.305 e. The van der Waals surface area contributed by atoms with E-state index in [1.54, 1.807) is 24.5 Å². The van der Waals surface area contributed by atoms with Crippen molar-refractivity contribution in [2.24, 2.45) is 5.73 Å². The molecule has 2 rings (SSSR count). The van der Waals surface area contributed by atoms with Gasteiger partial charge in [0.2, 0.25) is 5.82 Å². The molecule has 0 spiro atoms. The highest BCUT2D eigenvalue weighted by Crippen LogP contribution is 2.18. The van der Waals surface area contributed by atoms with Gasteiger partial charge in [0.05, 0.1) is 7.11 Å². The third kappa shape index (κ3) is 5.37. The summed E-state index contributed by atoms with van der Waals surface area (Å²) < 4.78 is 4.55. The standard InChI is InChI=1S/C18H21N5O3/c1-26-15(24)4-2-3-9-21-18(25)17-22-10-14(11-23-17)12-5-7-13(8-6-12)16(19)20/h5-8,10-11H,2-4,9H2,1H3,(H3,19,20)(H,21,25). The zero-order chi connectivity index (χ0) is 18.9. The molecule has 0 radical (unpaired) electrons. The van der Waals surface area contributed by atoms with E-state index in [9.17, 15) is 9.59 Å². The van der Waals surface area contributed by atoms with Crippen molar-refractivity contribution in [3.8, 4) is 11.1 Å². The first kappa shape index (κ1) is 19.0. The Balaban J connectivity index is 1.87. The van der Waals surface area contributed by atoms with Gasteiger partial charge in [-0.3, -0.25) is 15.0 Å². The summed E-state index contributed by atoms with van der Waals surface area (Å²) in [6.45, 7) is 0.438. The van der Waals surface area contributed by atoms with Crippen LogP contribution in [0.15, 0.2) is 36.7 Å². The molecule has 0 aliphatic carbocycles. The van der Waals surface area contributed by atoms with Crippen LogP contribution in [-0.2, 0) is 9.53 Å². The van der Waals surface area contributed by atoms with Gasteiger partial charge in [-0.1, -0.05) is 24.3 Å². The number of nitrogens with one attached hydrogen (secondary N) is 2. The van der Waals surface area contributed by atoms with E-state index in [0.717, 1.165) is 11.1 Å². The number of hydrogen-bond donors (Lipinski definition) is 3. The molecule has 0 bridgehead atoms. The Kier molecular flexibility index (Phi) is 6.78. The van der Waals surface area contributed by atoms with Crippen LogP contribution < -0.4 is 11.1 Å². The number of nitrogens with zero attached hydrogens (tertiary/aromatic N) is 2. The highest BCUT2D eigenvalue weighted by Gasteiger charge is 2.09. The maximum atomic E-state index is 12.0. The number of amides is 1. The predicted octanol–water partition coefficient (Wildman–Crippen LogP) is 1.50. The lowest BCUT2D eigenvalue weighted by molar-refractivity contribution is -0.140. The van der Waals surface area contributed by atoms with Gasteiger partial charge in [0.1, 0.15) is 5.84 Å². The lowest BCUT2D eigenvalue weighted by atomic mass is 10.1. The van der Waals surface area contributed by atoms with E-state index in [2.05, 4.69) is 20.0 Å². The normalized spacial score (nSPS) is 10.2. The van der Waals surface area contributed by atoms with E-state index >= 15 is 0 Å². The van der Waals surface area contributed by atoms with Crippen molar-refractivity contribution in [2.45, 2.75) is 19.3 Å². The molecule has 2 aromatic rings. The SMILES string of the molecule is COC(=O)CCCCNC(=O)c1ncc(-c2ccc(C(=N)N)cc2)cn1. The summed E-state index contributed by atoms with van der Waals surface area (Å²) in [5.74, 6) is -0.526. The Morgan fingerprint density at radius 2 is 1.77 bits per heavy atom. The summed E-state index contributed by atoms with van der Waals surface area (Å²) in [5, 5.41) is 10.1. The summed E-state index contributed by atoms with van der Waals surface area (Å²) in [6.07, 6.45) is 4.79. The summed E-state index contributed by atoms with van der Waals surface area (Å²) in [7, 11) is 1.35. The number of nitrogen functional groups attached to an aromatic ring is 1. The fraction of sp³-hybridized carbons (Fsp3) is 0.278. The number of amidine groups is 1. The fourth-order valence-electron chi connectivity index (χ4n) is 2.21. The van der Waals surface area contributed by atoms with Crippen LogP contribution in [0.4, 0.5) is 0 Å². The third-order valence-electron chi connectivity index (χ3n) is 3.71. The van der Waals surface area contributed by atoms with Crippen molar-refractivity contribution >= 4 is 17.7 Å². The van der Waals surface area contributed by atoms with E-state index < -0.39 is 0 Å². The highest BCUT2D eigenvalue weighted by molar-refractivity contribution is 5.95. The van der Waals surface area contributed by atoms with Crippen molar-refractivity contribution in [3.63, 3.8) is 0 Å². The molecule has 1 aromatic heterocycles. The molecule has 0 saturated heterocycles. The van der Waals surface area contributed by atoms with E-state index in [0.29, 0.717) is 31.4 Å². The molecule has 4 N–H and O–H groups in total. The molecule has 26 heavy (non-hydrogen) atoms. The number of carbonyl (C=O) groups excluding carboxylic acids is 2. The highest BCUT2D eigenvalue weighted by atomic mass is 16.5. The number of rotatable bonds is 8. The summed E-state index contributed by atoms with van der Waals surface area (Å²) in [4.78, 5) is 31.2. The molecular weight excluding hydrogens is 334 g/mol. The number of methoxy groups -OCH3 is 1.